The molecule has 72 valence electrons. The maximum atomic E-state index is 10.5. The summed E-state index contributed by atoms with van der Waals surface area (Å²) in [4.78, 5) is 11.3. The second-order valence-corrected chi connectivity index (χ2v) is 1.98. The molecule has 0 radical (unpaired) electrons. The van der Waals surface area contributed by atoms with Crippen molar-refractivity contribution in [2.24, 2.45) is 0 Å². The number of rotatable bonds is 4. The number of nitrogens with zero attached hydrogens (tertiary/aromatic N) is 1. The van der Waals surface area contributed by atoms with Crippen molar-refractivity contribution in [3.8, 4) is 0 Å². The van der Waals surface area contributed by atoms with Crippen molar-refractivity contribution in [2.45, 2.75) is 6.10 Å². The van der Waals surface area contributed by atoms with E-state index in [-0.39, 0.29) is 0 Å². The van der Waals surface area contributed by atoms with E-state index in [1.54, 1.807) is 0 Å². The van der Waals surface area contributed by atoms with Gasteiger partial charge in [-0.25, -0.2) is 9.69 Å². The normalized spacial score (nSPS) is 11.3. The highest BCUT2D eigenvalue weighted by molar-refractivity contribution is 5.64. The molecule has 0 atom stereocenters. The lowest BCUT2D eigenvalue weighted by molar-refractivity contribution is -0.408. The Bertz CT molecular complexity index is 148. The van der Waals surface area contributed by atoms with Gasteiger partial charge in [0.25, 0.3) is 0 Å². The van der Waals surface area contributed by atoms with Crippen molar-refractivity contribution >= 4 is 6.09 Å². The second-order valence-electron chi connectivity index (χ2n) is 1.98. The van der Waals surface area contributed by atoms with Crippen molar-refractivity contribution in [2.75, 3.05) is 28.4 Å². The monoisotopic (exact) mass is 179 g/mol. The molecule has 0 heterocycles. The third-order valence-electron chi connectivity index (χ3n) is 1.47. The first-order chi connectivity index (χ1) is 5.54. The quantitative estimate of drug-likeness (QED) is 0.622. The topological polar surface area (TPSA) is 68.2 Å². The van der Waals surface area contributed by atoms with Gasteiger partial charge in [0.2, 0.25) is 0 Å². The minimum atomic E-state index is -1.66. The first kappa shape index (κ1) is 11.2. The zero-order valence-electron chi connectivity index (χ0n) is 7.53. The van der Waals surface area contributed by atoms with Gasteiger partial charge in [0.05, 0.1) is 0 Å². The molecule has 0 aromatic rings. The van der Waals surface area contributed by atoms with Gasteiger partial charge >= 0.3 is 12.2 Å². The highest BCUT2D eigenvalue weighted by Gasteiger charge is 2.38. The molecule has 0 saturated heterocycles. The largest absolute Gasteiger partial charge is 0.465 e. The van der Waals surface area contributed by atoms with Crippen LogP contribution in [-0.4, -0.2) is 50.6 Å². The van der Waals surface area contributed by atoms with Gasteiger partial charge in [-0.1, -0.05) is 0 Å². The Hall–Kier alpha value is -0.850. The first-order valence-corrected chi connectivity index (χ1v) is 3.16. The maximum Gasteiger partial charge on any atom is 0.413 e. The molecule has 6 nitrogen and oxygen atoms in total. The highest BCUT2D eigenvalue weighted by Crippen LogP contribution is 2.16. The lowest BCUT2D eigenvalue weighted by Crippen LogP contribution is -2.53. The fourth-order valence-corrected chi connectivity index (χ4v) is 0.778. The Balaban J connectivity index is 4.58. The molecule has 0 bridgehead atoms. The summed E-state index contributed by atoms with van der Waals surface area (Å²) in [5, 5.41) is 8.60. The Labute approximate surface area is 70.6 Å². The molecule has 6 heteroatoms. The van der Waals surface area contributed by atoms with Crippen LogP contribution < -0.4 is 0 Å². The van der Waals surface area contributed by atoms with Crippen LogP contribution in [0.25, 0.3) is 0 Å². The fourth-order valence-electron chi connectivity index (χ4n) is 0.778. The maximum absolute atomic E-state index is 10.5. The molecule has 0 saturated carbocycles. The molecule has 1 N–H and O–H groups in total. The molecule has 0 aliphatic heterocycles. The summed E-state index contributed by atoms with van der Waals surface area (Å²) in [6, 6.07) is 0. The summed E-state index contributed by atoms with van der Waals surface area (Å²) < 4.78 is 14.3. The third kappa shape index (κ3) is 1.84. The molecule has 0 fully saturated rings. The van der Waals surface area contributed by atoms with Gasteiger partial charge < -0.3 is 19.3 Å². The van der Waals surface area contributed by atoms with Gasteiger partial charge in [0, 0.05) is 28.4 Å². The molecule has 0 aromatic heterocycles. The Kier molecular flexibility index (Phi) is 3.94. The number of ether oxygens (including phenoxy) is 3. The molecule has 0 unspecified atom stereocenters. The van der Waals surface area contributed by atoms with Gasteiger partial charge in [-0.05, 0) is 0 Å². The van der Waals surface area contributed by atoms with Gasteiger partial charge in [-0.3, -0.25) is 0 Å². The summed E-state index contributed by atoms with van der Waals surface area (Å²) in [6.45, 7) is 0. The average molecular weight is 179 g/mol. The van der Waals surface area contributed by atoms with Crippen LogP contribution in [-0.2, 0) is 14.2 Å². The van der Waals surface area contributed by atoms with Crippen molar-refractivity contribution in [3.05, 3.63) is 0 Å². The third-order valence-corrected chi connectivity index (χ3v) is 1.47. The number of hydrogen-bond acceptors (Lipinski definition) is 4. The molecule has 0 rings (SSSR count). The van der Waals surface area contributed by atoms with E-state index in [4.69, 9.17) is 19.3 Å². The van der Waals surface area contributed by atoms with Crippen LogP contribution in [0.3, 0.4) is 0 Å². The summed E-state index contributed by atoms with van der Waals surface area (Å²) in [6.07, 6.45) is -2.87. The SMILES string of the molecule is COC(OC)(OC)N(C)C(=O)O. The van der Waals surface area contributed by atoms with Crippen molar-refractivity contribution < 1.29 is 24.1 Å². The van der Waals surface area contributed by atoms with Crippen LogP contribution in [0.15, 0.2) is 0 Å². The summed E-state index contributed by atoms with van der Waals surface area (Å²) >= 11 is 0. The van der Waals surface area contributed by atoms with Gasteiger partial charge in [-0.2, -0.15) is 0 Å². The van der Waals surface area contributed by atoms with Crippen LogP contribution in [0.2, 0.25) is 0 Å². The van der Waals surface area contributed by atoms with Crippen LogP contribution in [0.1, 0.15) is 0 Å². The Morgan fingerprint density at radius 3 is 1.67 bits per heavy atom. The summed E-state index contributed by atoms with van der Waals surface area (Å²) in [7, 11) is 5.13. The van der Waals surface area contributed by atoms with Crippen LogP contribution in [0.5, 0.6) is 0 Å². The van der Waals surface area contributed by atoms with E-state index in [1.165, 1.54) is 28.4 Å². The van der Waals surface area contributed by atoms with E-state index in [1.807, 2.05) is 0 Å². The van der Waals surface area contributed by atoms with E-state index in [0.29, 0.717) is 0 Å². The number of carbonyl (C=O) groups is 1. The van der Waals surface area contributed by atoms with Crippen LogP contribution >= 0.6 is 0 Å². The van der Waals surface area contributed by atoms with E-state index in [2.05, 4.69) is 0 Å². The molecule has 12 heavy (non-hydrogen) atoms. The van der Waals surface area contributed by atoms with E-state index in [0.717, 1.165) is 4.90 Å². The Morgan fingerprint density at radius 2 is 1.58 bits per heavy atom. The minimum absolute atomic E-state index is 0.771. The zero-order chi connectivity index (χ0) is 9.78. The lowest BCUT2D eigenvalue weighted by Gasteiger charge is -2.34. The molecule has 0 aliphatic rings. The summed E-state index contributed by atoms with van der Waals surface area (Å²) in [5.41, 5.74) is 0. The average Bonchev–Trinajstić information content (AvgIpc) is 2.08. The number of methoxy groups -OCH3 is 3. The molecular formula is C6H13NO5. The molecule has 0 aliphatic carbocycles. The molecule has 0 spiro atoms. The van der Waals surface area contributed by atoms with Crippen molar-refractivity contribution in [1.29, 1.82) is 0 Å². The standard InChI is InChI=1S/C6H13NO5/c1-7(5(8)9)6(10-2,11-3)12-4/h1-4H3,(H,8,9). The number of amides is 1. The zero-order valence-corrected chi connectivity index (χ0v) is 7.53. The number of carboxylic acid groups (broad SMARTS) is 1. The van der Waals surface area contributed by atoms with E-state index < -0.39 is 12.2 Å². The predicted molar refractivity (Wildman–Crippen MR) is 39.5 cm³/mol. The first-order valence-electron chi connectivity index (χ1n) is 3.16. The van der Waals surface area contributed by atoms with Crippen LogP contribution in [0, 0.1) is 0 Å². The molecule has 0 aromatic carbocycles. The number of hydrogen-bond donors (Lipinski definition) is 1. The fraction of sp³-hybridized carbons (Fsp3) is 0.833. The van der Waals surface area contributed by atoms with Crippen LogP contribution in [0.4, 0.5) is 4.79 Å². The molecule has 1 amide bonds. The van der Waals surface area contributed by atoms with E-state index >= 15 is 0 Å². The lowest BCUT2D eigenvalue weighted by atomic mass is 10.7. The van der Waals surface area contributed by atoms with Crippen molar-refractivity contribution in [3.63, 3.8) is 0 Å². The summed E-state index contributed by atoms with van der Waals surface area (Å²) in [5.74, 6) is 0. The smallest absolute Gasteiger partial charge is 0.413 e. The van der Waals surface area contributed by atoms with E-state index in [9.17, 15) is 4.79 Å². The molecular weight excluding hydrogens is 166 g/mol. The predicted octanol–water partition coefficient (Wildman–Crippen LogP) is 0.147. The second kappa shape index (κ2) is 4.24. The highest BCUT2D eigenvalue weighted by atomic mass is 16.9. The van der Waals surface area contributed by atoms with Gasteiger partial charge in [0.1, 0.15) is 0 Å². The van der Waals surface area contributed by atoms with Gasteiger partial charge in [0.15, 0.2) is 0 Å². The van der Waals surface area contributed by atoms with Crippen molar-refractivity contribution in [1.82, 2.24) is 4.90 Å². The van der Waals surface area contributed by atoms with Gasteiger partial charge in [-0.15, -0.1) is 0 Å². The Morgan fingerprint density at radius 1 is 1.25 bits per heavy atom. The minimum Gasteiger partial charge on any atom is -0.465 e.